The summed E-state index contributed by atoms with van der Waals surface area (Å²) in [5.74, 6) is -0.289. The minimum Gasteiger partial charge on any atom is -0.390 e. The molecular formula is C14H20BrFO2. The lowest BCUT2D eigenvalue weighted by Gasteiger charge is -2.22. The molecular weight excluding hydrogens is 299 g/mol. The number of hydrogen-bond donors (Lipinski definition) is 1. The molecule has 0 saturated heterocycles. The van der Waals surface area contributed by atoms with E-state index < -0.39 is 6.10 Å². The van der Waals surface area contributed by atoms with Gasteiger partial charge in [0.05, 0.1) is 16.7 Å². The van der Waals surface area contributed by atoms with Crippen LogP contribution in [-0.4, -0.2) is 23.9 Å². The maximum absolute atomic E-state index is 13.1. The zero-order valence-electron chi connectivity index (χ0n) is 10.8. The van der Waals surface area contributed by atoms with E-state index in [4.69, 9.17) is 4.74 Å². The second-order valence-corrected chi connectivity index (χ2v) is 5.16. The van der Waals surface area contributed by atoms with E-state index in [-0.39, 0.29) is 11.9 Å². The van der Waals surface area contributed by atoms with Gasteiger partial charge >= 0.3 is 0 Å². The molecule has 1 rings (SSSR count). The number of benzene rings is 1. The Bertz CT molecular complexity index is 365. The van der Waals surface area contributed by atoms with Gasteiger partial charge in [-0.2, -0.15) is 0 Å². The highest BCUT2D eigenvalue weighted by Gasteiger charge is 2.19. The second-order valence-electron chi connectivity index (χ2n) is 4.30. The van der Waals surface area contributed by atoms with Gasteiger partial charge in [-0.05, 0) is 47.0 Å². The highest BCUT2D eigenvalue weighted by Crippen LogP contribution is 2.19. The van der Waals surface area contributed by atoms with Gasteiger partial charge in [0.25, 0.3) is 0 Å². The summed E-state index contributed by atoms with van der Waals surface area (Å²) >= 11 is 3.15. The molecule has 0 bridgehead atoms. The van der Waals surface area contributed by atoms with Crippen LogP contribution in [0.2, 0.25) is 0 Å². The summed E-state index contributed by atoms with van der Waals surface area (Å²) in [7, 11) is 0. The molecule has 0 aromatic heterocycles. The quantitative estimate of drug-likeness (QED) is 0.830. The molecule has 0 spiro atoms. The van der Waals surface area contributed by atoms with Crippen molar-refractivity contribution in [3.8, 4) is 0 Å². The van der Waals surface area contributed by atoms with Crippen molar-refractivity contribution in [3.63, 3.8) is 0 Å². The van der Waals surface area contributed by atoms with Crippen molar-refractivity contribution in [1.29, 1.82) is 0 Å². The van der Waals surface area contributed by atoms with Crippen LogP contribution in [0, 0.1) is 5.82 Å². The fourth-order valence-corrected chi connectivity index (χ4v) is 2.35. The lowest BCUT2D eigenvalue weighted by molar-refractivity contribution is -0.0363. The Labute approximate surface area is 116 Å². The van der Waals surface area contributed by atoms with E-state index in [2.05, 4.69) is 22.9 Å². The summed E-state index contributed by atoms with van der Waals surface area (Å²) in [4.78, 5) is 0. The molecule has 0 aliphatic rings. The van der Waals surface area contributed by atoms with E-state index in [0.717, 1.165) is 18.4 Å². The summed E-state index contributed by atoms with van der Waals surface area (Å²) < 4.78 is 19.1. The number of halogens is 2. The molecule has 1 aromatic rings. The minimum absolute atomic E-state index is 0.149. The first-order valence-corrected chi connectivity index (χ1v) is 7.11. The largest absolute Gasteiger partial charge is 0.390 e. The van der Waals surface area contributed by atoms with Crippen molar-refractivity contribution < 1.29 is 14.2 Å². The topological polar surface area (TPSA) is 29.5 Å². The monoisotopic (exact) mass is 318 g/mol. The van der Waals surface area contributed by atoms with E-state index in [1.165, 1.54) is 6.07 Å². The summed E-state index contributed by atoms with van der Waals surface area (Å²) in [5.41, 5.74) is 0.900. The molecule has 1 aromatic carbocycles. The number of hydrogen-bond acceptors (Lipinski definition) is 2. The Hall–Kier alpha value is -0.450. The Balaban J connectivity index is 2.66. The van der Waals surface area contributed by atoms with Crippen molar-refractivity contribution >= 4 is 15.9 Å². The second kappa shape index (κ2) is 7.87. The van der Waals surface area contributed by atoms with Crippen LogP contribution in [0.4, 0.5) is 4.39 Å². The zero-order valence-corrected chi connectivity index (χ0v) is 12.4. The molecule has 2 unspecified atom stereocenters. The third kappa shape index (κ3) is 4.67. The van der Waals surface area contributed by atoms with Gasteiger partial charge in [-0.1, -0.05) is 19.4 Å². The molecule has 0 fully saturated rings. The lowest BCUT2D eigenvalue weighted by atomic mass is 10.0. The summed E-state index contributed by atoms with van der Waals surface area (Å²) in [6, 6.07) is 4.80. The molecule has 2 nitrogen and oxygen atoms in total. The van der Waals surface area contributed by atoms with Crippen LogP contribution >= 0.6 is 15.9 Å². The van der Waals surface area contributed by atoms with E-state index >= 15 is 0 Å². The SMILES string of the molecule is CCCC(OCC)C(O)Cc1ccc(F)c(Br)c1. The van der Waals surface area contributed by atoms with Gasteiger partial charge in [0.2, 0.25) is 0 Å². The number of aliphatic hydroxyl groups is 1. The predicted octanol–water partition coefficient (Wildman–Crippen LogP) is 3.70. The van der Waals surface area contributed by atoms with Crippen LogP contribution in [0.1, 0.15) is 32.3 Å². The van der Waals surface area contributed by atoms with Crippen molar-refractivity contribution in [2.24, 2.45) is 0 Å². The molecule has 0 amide bonds. The molecule has 4 heteroatoms. The summed E-state index contributed by atoms with van der Waals surface area (Å²) in [6.07, 6.45) is 1.57. The van der Waals surface area contributed by atoms with E-state index in [0.29, 0.717) is 17.5 Å². The van der Waals surface area contributed by atoms with Crippen molar-refractivity contribution in [2.75, 3.05) is 6.61 Å². The predicted molar refractivity (Wildman–Crippen MR) is 74.1 cm³/mol. The van der Waals surface area contributed by atoms with Crippen LogP contribution in [0.15, 0.2) is 22.7 Å². The maximum Gasteiger partial charge on any atom is 0.137 e. The van der Waals surface area contributed by atoms with Crippen molar-refractivity contribution in [2.45, 2.75) is 45.3 Å². The first-order valence-electron chi connectivity index (χ1n) is 6.32. The smallest absolute Gasteiger partial charge is 0.137 e. The van der Waals surface area contributed by atoms with Gasteiger partial charge in [0.15, 0.2) is 0 Å². The Morgan fingerprint density at radius 3 is 2.67 bits per heavy atom. The molecule has 102 valence electrons. The normalized spacial score (nSPS) is 14.5. The molecule has 1 N–H and O–H groups in total. The Morgan fingerprint density at radius 1 is 1.39 bits per heavy atom. The molecule has 0 heterocycles. The van der Waals surface area contributed by atoms with Crippen LogP contribution < -0.4 is 0 Å². The fraction of sp³-hybridized carbons (Fsp3) is 0.571. The van der Waals surface area contributed by atoms with E-state index in [9.17, 15) is 9.50 Å². The van der Waals surface area contributed by atoms with Gasteiger partial charge < -0.3 is 9.84 Å². The molecule has 0 radical (unpaired) electrons. The van der Waals surface area contributed by atoms with E-state index in [1.54, 1.807) is 12.1 Å². The minimum atomic E-state index is -0.553. The van der Waals surface area contributed by atoms with Crippen molar-refractivity contribution in [3.05, 3.63) is 34.1 Å². The number of rotatable bonds is 7. The third-order valence-electron chi connectivity index (χ3n) is 2.81. The van der Waals surface area contributed by atoms with Gasteiger partial charge in [-0.25, -0.2) is 4.39 Å². The molecule has 18 heavy (non-hydrogen) atoms. The standard InChI is InChI=1S/C14H20BrFO2/c1-3-5-14(18-4-2)13(17)9-10-6-7-12(16)11(15)8-10/h6-8,13-14,17H,3-5,9H2,1-2H3. The Kier molecular flexibility index (Phi) is 6.82. The average Bonchev–Trinajstić information content (AvgIpc) is 2.33. The zero-order chi connectivity index (χ0) is 13.5. The summed E-state index contributed by atoms with van der Waals surface area (Å²) in [6.45, 7) is 4.58. The highest BCUT2D eigenvalue weighted by molar-refractivity contribution is 9.10. The van der Waals surface area contributed by atoms with Crippen LogP contribution in [0.3, 0.4) is 0 Å². The molecule has 2 atom stereocenters. The summed E-state index contributed by atoms with van der Waals surface area (Å²) in [5, 5.41) is 10.2. The highest BCUT2D eigenvalue weighted by atomic mass is 79.9. The number of ether oxygens (including phenoxy) is 1. The molecule has 0 aliphatic heterocycles. The Morgan fingerprint density at radius 2 is 2.11 bits per heavy atom. The van der Waals surface area contributed by atoms with Crippen LogP contribution in [0.5, 0.6) is 0 Å². The van der Waals surface area contributed by atoms with Gasteiger partial charge in [-0.3, -0.25) is 0 Å². The average molecular weight is 319 g/mol. The van der Waals surface area contributed by atoms with Gasteiger partial charge in [-0.15, -0.1) is 0 Å². The molecule has 0 aliphatic carbocycles. The van der Waals surface area contributed by atoms with Gasteiger partial charge in [0.1, 0.15) is 5.82 Å². The maximum atomic E-state index is 13.1. The third-order valence-corrected chi connectivity index (χ3v) is 3.42. The van der Waals surface area contributed by atoms with Crippen molar-refractivity contribution in [1.82, 2.24) is 0 Å². The van der Waals surface area contributed by atoms with E-state index in [1.807, 2.05) is 6.92 Å². The first kappa shape index (κ1) is 15.6. The van der Waals surface area contributed by atoms with Gasteiger partial charge in [0, 0.05) is 13.0 Å². The number of aliphatic hydroxyl groups excluding tert-OH is 1. The fourth-order valence-electron chi connectivity index (χ4n) is 1.92. The van der Waals surface area contributed by atoms with Crippen LogP contribution in [0.25, 0.3) is 0 Å². The first-order chi connectivity index (χ1) is 8.58. The molecule has 0 saturated carbocycles. The lowest BCUT2D eigenvalue weighted by Crippen LogP contribution is -2.31. The van der Waals surface area contributed by atoms with Crippen LogP contribution in [-0.2, 0) is 11.2 Å².